The second-order valence-corrected chi connectivity index (χ2v) is 5.21. The number of rotatable bonds is 2. The predicted molar refractivity (Wildman–Crippen MR) is 70.1 cm³/mol. The second-order valence-electron chi connectivity index (χ2n) is 5.21. The normalized spacial score (nSPS) is 23.4. The highest BCUT2D eigenvalue weighted by atomic mass is 16.5. The molecule has 0 spiro atoms. The summed E-state index contributed by atoms with van der Waals surface area (Å²) in [5.41, 5.74) is 3.49. The van der Waals surface area contributed by atoms with Gasteiger partial charge in [-0.1, -0.05) is 54.8 Å². The van der Waals surface area contributed by atoms with E-state index in [1.54, 1.807) is 5.57 Å². The van der Waals surface area contributed by atoms with Gasteiger partial charge in [-0.25, -0.2) is 0 Å². The summed E-state index contributed by atoms with van der Waals surface area (Å²) in [6, 6.07) is 11.1. The molecule has 0 N–H and O–H groups in total. The number of ether oxygens (including phenoxy) is 1. The van der Waals surface area contributed by atoms with Gasteiger partial charge in [-0.3, -0.25) is 0 Å². The van der Waals surface area contributed by atoms with Crippen molar-refractivity contribution >= 4 is 0 Å². The van der Waals surface area contributed by atoms with Gasteiger partial charge in [0.05, 0.1) is 13.2 Å². The van der Waals surface area contributed by atoms with Crippen molar-refractivity contribution in [3.63, 3.8) is 0 Å². The Balaban J connectivity index is 2.01. The van der Waals surface area contributed by atoms with Crippen molar-refractivity contribution < 1.29 is 4.74 Å². The van der Waals surface area contributed by atoms with Crippen molar-refractivity contribution in [3.05, 3.63) is 47.5 Å². The number of hydrogen-bond acceptors (Lipinski definition) is 1. The third-order valence-electron chi connectivity index (χ3n) is 4.36. The molecule has 1 fully saturated rings. The van der Waals surface area contributed by atoms with E-state index in [-0.39, 0.29) is 0 Å². The van der Waals surface area contributed by atoms with Crippen LogP contribution in [0.1, 0.15) is 37.7 Å². The van der Waals surface area contributed by atoms with Crippen LogP contribution in [-0.4, -0.2) is 13.2 Å². The molecule has 1 nitrogen and oxygen atoms in total. The Morgan fingerprint density at radius 1 is 1.00 bits per heavy atom. The van der Waals surface area contributed by atoms with E-state index in [2.05, 4.69) is 36.4 Å². The van der Waals surface area contributed by atoms with Crippen LogP contribution in [0.3, 0.4) is 0 Å². The average molecular weight is 228 g/mol. The third kappa shape index (κ3) is 1.93. The van der Waals surface area contributed by atoms with Gasteiger partial charge in [-0.05, 0) is 24.8 Å². The molecule has 1 heteroatoms. The first-order chi connectivity index (χ1) is 8.42. The van der Waals surface area contributed by atoms with Crippen LogP contribution in [0.15, 0.2) is 42.0 Å². The summed E-state index contributed by atoms with van der Waals surface area (Å²) in [6.45, 7) is 1.71. The maximum absolute atomic E-state index is 5.46. The summed E-state index contributed by atoms with van der Waals surface area (Å²) in [6.07, 6.45) is 8.84. The quantitative estimate of drug-likeness (QED) is 0.699. The Morgan fingerprint density at radius 2 is 1.76 bits per heavy atom. The molecule has 0 radical (unpaired) electrons. The van der Waals surface area contributed by atoms with E-state index >= 15 is 0 Å². The van der Waals surface area contributed by atoms with Gasteiger partial charge < -0.3 is 4.74 Å². The van der Waals surface area contributed by atoms with Crippen LogP contribution in [0.5, 0.6) is 0 Å². The van der Waals surface area contributed by atoms with E-state index in [1.165, 1.54) is 31.2 Å². The molecule has 1 saturated carbocycles. The standard InChI is InChI=1S/C16H20O/c1-2-6-14(7-3-1)16(10-4-5-11-16)15-8-12-17-13-9-15/h1-3,6-8H,4-5,9-13H2. The van der Waals surface area contributed by atoms with E-state index in [0.717, 1.165) is 19.6 Å². The van der Waals surface area contributed by atoms with Crippen molar-refractivity contribution in [3.8, 4) is 0 Å². The first kappa shape index (κ1) is 11.0. The highest BCUT2D eigenvalue weighted by Gasteiger charge is 2.38. The Hall–Kier alpha value is -1.08. The molecule has 3 rings (SSSR count). The molecule has 1 aliphatic heterocycles. The van der Waals surface area contributed by atoms with Gasteiger partial charge in [0.15, 0.2) is 0 Å². The smallest absolute Gasteiger partial charge is 0.0650 e. The minimum Gasteiger partial charge on any atom is -0.377 e. The van der Waals surface area contributed by atoms with Crippen LogP contribution in [0.2, 0.25) is 0 Å². The highest BCUT2D eigenvalue weighted by molar-refractivity contribution is 5.38. The molecule has 0 amide bonds. The summed E-state index contributed by atoms with van der Waals surface area (Å²) >= 11 is 0. The van der Waals surface area contributed by atoms with E-state index in [9.17, 15) is 0 Å². The topological polar surface area (TPSA) is 9.23 Å². The molecule has 0 unspecified atom stereocenters. The third-order valence-corrected chi connectivity index (χ3v) is 4.36. The number of benzene rings is 1. The maximum atomic E-state index is 5.46. The molecular formula is C16H20O. The van der Waals surface area contributed by atoms with Crippen molar-refractivity contribution in [2.75, 3.05) is 13.2 Å². The zero-order chi connectivity index (χ0) is 11.6. The maximum Gasteiger partial charge on any atom is 0.0650 e. The van der Waals surface area contributed by atoms with Crippen molar-refractivity contribution in [2.24, 2.45) is 0 Å². The van der Waals surface area contributed by atoms with Crippen molar-refractivity contribution in [2.45, 2.75) is 37.5 Å². The fourth-order valence-electron chi connectivity index (χ4n) is 3.49. The SMILES string of the molecule is C1=C(C2(c3ccccc3)CCCC2)CCOC1. The van der Waals surface area contributed by atoms with Gasteiger partial charge >= 0.3 is 0 Å². The Labute approximate surface area is 103 Å². The first-order valence-electron chi connectivity index (χ1n) is 6.75. The molecule has 2 aliphatic rings. The van der Waals surface area contributed by atoms with Gasteiger partial charge in [-0.2, -0.15) is 0 Å². The van der Waals surface area contributed by atoms with Gasteiger partial charge in [-0.15, -0.1) is 0 Å². The van der Waals surface area contributed by atoms with Crippen LogP contribution in [-0.2, 0) is 10.2 Å². The summed E-state index contributed by atoms with van der Waals surface area (Å²) in [5, 5.41) is 0. The molecule has 1 aromatic rings. The van der Waals surface area contributed by atoms with Crippen LogP contribution in [0.25, 0.3) is 0 Å². The Bertz CT molecular complexity index is 399. The minimum atomic E-state index is 0.338. The largest absolute Gasteiger partial charge is 0.377 e. The van der Waals surface area contributed by atoms with Crippen LogP contribution < -0.4 is 0 Å². The van der Waals surface area contributed by atoms with Crippen molar-refractivity contribution in [1.29, 1.82) is 0 Å². The molecular weight excluding hydrogens is 208 g/mol. The molecule has 17 heavy (non-hydrogen) atoms. The zero-order valence-corrected chi connectivity index (χ0v) is 10.3. The summed E-state index contributed by atoms with van der Waals surface area (Å²) in [5.74, 6) is 0. The molecule has 0 bridgehead atoms. The van der Waals surface area contributed by atoms with Crippen LogP contribution >= 0.6 is 0 Å². The Morgan fingerprint density at radius 3 is 2.41 bits per heavy atom. The zero-order valence-electron chi connectivity index (χ0n) is 10.3. The minimum absolute atomic E-state index is 0.338. The average Bonchev–Trinajstić information content (AvgIpc) is 2.91. The molecule has 1 aliphatic carbocycles. The lowest BCUT2D eigenvalue weighted by atomic mass is 9.71. The van der Waals surface area contributed by atoms with E-state index in [0.29, 0.717) is 5.41 Å². The molecule has 90 valence electrons. The van der Waals surface area contributed by atoms with E-state index < -0.39 is 0 Å². The van der Waals surface area contributed by atoms with Gasteiger partial charge in [0.2, 0.25) is 0 Å². The van der Waals surface area contributed by atoms with E-state index in [1.807, 2.05) is 0 Å². The monoisotopic (exact) mass is 228 g/mol. The summed E-state index contributed by atoms with van der Waals surface area (Å²) in [4.78, 5) is 0. The molecule has 1 heterocycles. The fraction of sp³-hybridized carbons (Fsp3) is 0.500. The Kier molecular flexibility index (Phi) is 3.02. The fourth-order valence-corrected chi connectivity index (χ4v) is 3.49. The molecule has 0 aromatic heterocycles. The van der Waals surface area contributed by atoms with Crippen LogP contribution in [0.4, 0.5) is 0 Å². The molecule has 0 atom stereocenters. The number of hydrogen-bond donors (Lipinski definition) is 0. The van der Waals surface area contributed by atoms with Crippen LogP contribution in [0, 0.1) is 0 Å². The van der Waals surface area contributed by atoms with Gasteiger partial charge in [0, 0.05) is 5.41 Å². The lowest BCUT2D eigenvalue weighted by Gasteiger charge is -2.34. The molecule has 1 aromatic carbocycles. The predicted octanol–water partition coefficient (Wildman–Crippen LogP) is 3.85. The summed E-state index contributed by atoms with van der Waals surface area (Å²) in [7, 11) is 0. The van der Waals surface area contributed by atoms with E-state index in [4.69, 9.17) is 4.74 Å². The lowest BCUT2D eigenvalue weighted by molar-refractivity contribution is 0.148. The molecule has 0 saturated heterocycles. The van der Waals surface area contributed by atoms with Gasteiger partial charge in [0.25, 0.3) is 0 Å². The van der Waals surface area contributed by atoms with Crippen molar-refractivity contribution in [1.82, 2.24) is 0 Å². The lowest BCUT2D eigenvalue weighted by Crippen LogP contribution is -2.28. The summed E-state index contributed by atoms with van der Waals surface area (Å²) < 4.78 is 5.46. The highest BCUT2D eigenvalue weighted by Crippen LogP contribution is 2.48. The second kappa shape index (κ2) is 4.66. The van der Waals surface area contributed by atoms with Gasteiger partial charge in [0.1, 0.15) is 0 Å². The first-order valence-corrected chi connectivity index (χ1v) is 6.75.